The fraction of sp³-hybridized carbons (Fsp3) is 0.208. The number of carbonyl (C=O) groups is 1. The van der Waals surface area contributed by atoms with Crippen molar-refractivity contribution >= 4 is 5.91 Å². The van der Waals surface area contributed by atoms with Gasteiger partial charge in [0.25, 0.3) is 0 Å². The highest BCUT2D eigenvalue weighted by molar-refractivity contribution is 5.78. The van der Waals surface area contributed by atoms with Gasteiger partial charge in [-0.2, -0.15) is 0 Å². The SMILES string of the molecule is O=C(CCc1ccccc1)N1CCc2ccccc2[C@@H]1c1ccc(F)cc1. The molecule has 1 aliphatic rings. The first kappa shape index (κ1) is 17.5. The zero-order chi connectivity index (χ0) is 18.6. The van der Waals surface area contributed by atoms with Crippen LogP contribution in [0.1, 0.15) is 34.7 Å². The van der Waals surface area contributed by atoms with Crippen LogP contribution < -0.4 is 0 Å². The highest BCUT2D eigenvalue weighted by atomic mass is 19.1. The second kappa shape index (κ2) is 7.75. The van der Waals surface area contributed by atoms with E-state index < -0.39 is 0 Å². The van der Waals surface area contributed by atoms with Crippen molar-refractivity contribution in [2.75, 3.05) is 6.54 Å². The summed E-state index contributed by atoms with van der Waals surface area (Å²) in [4.78, 5) is 15.0. The molecule has 1 atom stereocenters. The smallest absolute Gasteiger partial charge is 0.223 e. The fourth-order valence-corrected chi connectivity index (χ4v) is 3.88. The number of benzene rings is 3. The van der Waals surface area contributed by atoms with Gasteiger partial charge in [-0.15, -0.1) is 0 Å². The third-order valence-electron chi connectivity index (χ3n) is 5.26. The first-order valence-corrected chi connectivity index (χ1v) is 9.39. The van der Waals surface area contributed by atoms with E-state index in [1.807, 2.05) is 35.2 Å². The molecule has 0 N–H and O–H groups in total. The van der Waals surface area contributed by atoms with Crippen molar-refractivity contribution in [1.29, 1.82) is 0 Å². The van der Waals surface area contributed by atoms with Crippen molar-refractivity contribution in [3.05, 3.63) is 107 Å². The maximum Gasteiger partial charge on any atom is 0.223 e. The number of halogens is 1. The number of fused-ring (bicyclic) bond motifs is 1. The highest BCUT2D eigenvalue weighted by Crippen LogP contribution is 2.35. The van der Waals surface area contributed by atoms with Crippen molar-refractivity contribution in [3.63, 3.8) is 0 Å². The lowest BCUT2D eigenvalue weighted by Crippen LogP contribution is -2.40. The predicted molar refractivity (Wildman–Crippen MR) is 105 cm³/mol. The van der Waals surface area contributed by atoms with Crippen LogP contribution in [0.2, 0.25) is 0 Å². The molecule has 2 nitrogen and oxygen atoms in total. The second-order valence-electron chi connectivity index (χ2n) is 6.98. The number of hydrogen-bond acceptors (Lipinski definition) is 1. The van der Waals surface area contributed by atoms with Gasteiger partial charge in [-0.25, -0.2) is 4.39 Å². The van der Waals surface area contributed by atoms with Crippen molar-refractivity contribution in [1.82, 2.24) is 4.90 Å². The van der Waals surface area contributed by atoms with E-state index in [0.717, 1.165) is 24.0 Å². The molecule has 0 spiro atoms. The molecule has 0 aliphatic carbocycles. The number of amides is 1. The Bertz CT molecular complexity index is 921. The summed E-state index contributed by atoms with van der Waals surface area (Å²) in [7, 11) is 0. The maximum absolute atomic E-state index is 13.4. The standard InChI is InChI=1S/C24H22FNO/c25-21-13-11-20(12-14-21)24-22-9-5-4-8-19(22)16-17-26(24)23(27)15-10-18-6-2-1-3-7-18/h1-9,11-14,24H,10,15-17H2/t24-/m0/s1. The monoisotopic (exact) mass is 359 g/mol. The van der Waals surface area contributed by atoms with Crippen LogP contribution in [0.4, 0.5) is 4.39 Å². The predicted octanol–water partition coefficient (Wildman–Crippen LogP) is 4.93. The lowest BCUT2D eigenvalue weighted by atomic mass is 9.88. The van der Waals surface area contributed by atoms with Crippen LogP contribution in [0.5, 0.6) is 0 Å². The molecule has 1 heterocycles. The third-order valence-corrected chi connectivity index (χ3v) is 5.26. The molecular formula is C24H22FNO. The van der Waals surface area contributed by atoms with Gasteiger partial charge in [-0.3, -0.25) is 4.79 Å². The zero-order valence-corrected chi connectivity index (χ0v) is 15.1. The molecule has 0 saturated heterocycles. The normalized spacial score (nSPS) is 16.0. The number of rotatable bonds is 4. The zero-order valence-electron chi connectivity index (χ0n) is 15.1. The lowest BCUT2D eigenvalue weighted by Gasteiger charge is -2.38. The van der Waals surface area contributed by atoms with Gasteiger partial charge in [0.1, 0.15) is 5.82 Å². The Hall–Kier alpha value is -2.94. The van der Waals surface area contributed by atoms with Crippen LogP contribution in [-0.2, 0) is 17.6 Å². The number of carbonyl (C=O) groups excluding carboxylic acids is 1. The molecule has 0 radical (unpaired) electrons. The molecule has 1 aliphatic heterocycles. The van der Waals surface area contributed by atoms with E-state index in [9.17, 15) is 9.18 Å². The maximum atomic E-state index is 13.4. The molecule has 0 aromatic heterocycles. The van der Waals surface area contributed by atoms with Crippen molar-refractivity contribution in [3.8, 4) is 0 Å². The van der Waals surface area contributed by atoms with E-state index in [1.54, 1.807) is 12.1 Å². The van der Waals surface area contributed by atoms with Crippen LogP contribution in [0.3, 0.4) is 0 Å². The molecule has 0 fully saturated rings. The molecule has 0 bridgehead atoms. The molecule has 3 aromatic rings. The summed E-state index contributed by atoms with van der Waals surface area (Å²) in [6.45, 7) is 0.687. The average Bonchev–Trinajstić information content (AvgIpc) is 2.72. The Labute approximate surface area is 159 Å². The van der Waals surface area contributed by atoms with Gasteiger partial charge in [-0.1, -0.05) is 66.7 Å². The Balaban J connectivity index is 1.62. The van der Waals surface area contributed by atoms with Crippen LogP contribution in [-0.4, -0.2) is 17.4 Å². The van der Waals surface area contributed by atoms with Gasteiger partial charge in [0.2, 0.25) is 5.91 Å². The highest BCUT2D eigenvalue weighted by Gasteiger charge is 2.31. The lowest BCUT2D eigenvalue weighted by molar-refractivity contribution is -0.133. The summed E-state index contributed by atoms with van der Waals surface area (Å²) in [5.41, 5.74) is 4.53. The topological polar surface area (TPSA) is 20.3 Å². The molecule has 4 rings (SSSR count). The summed E-state index contributed by atoms with van der Waals surface area (Å²) < 4.78 is 13.4. The summed E-state index contributed by atoms with van der Waals surface area (Å²) in [5.74, 6) is -0.118. The number of hydrogen-bond donors (Lipinski definition) is 0. The number of nitrogens with zero attached hydrogens (tertiary/aromatic N) is 1. The van der Waals surface area contributed by atoms with Crippen LogP contribution in [0.15, 0.2) is 78.9 Å². The minimum Gasteiger partial charge on any atom is -0.331 e. The summed E-state index contributed by atoms with van der Waals surface area (Å²) in [6, 6.07) is 24.7. The summed E-state index contributed by atoms with van der Waals surface area (Å²) in [6.07, 6.45) is 2.06. The summed E-state index contributed by atoms with van der Waals surface area (Å²) in [5, 5.41) is 0. The Kier molecular flexibility index (Phi) is 5.01. The largest absolute Gasteiger partial charge is 0.331 e. The van der Waals surface area contributed by atoms with Crippen molar-refractivity contribution in [2.45, 2.75) is 25.3 Å². The van der Waals surface area contributed by atoms with E-state index in [1.165, 1.54) is 23.3 Å². The van der Waals surface area contributed by atoms with E-state index in [2.05, 4.69) is 24.3 Å². The Morgan fingerprint density at radius 1 is 0.926 bits per heavy atom. The van der Waals surface area contributed by atoms with E-state index in [4.69, 9.17) is 0 Å². The van der Waals surface area contributed by atoms with Gasteiger partial charge in [0.15, 0.2) is 0 Å². The van der Waals surface area contributed by atoms with Gasteiger partial charge in [-0.05, 0) is 47.2 Å². The van der Waals surface area contributed by atoms with Gasteiger partial charge >= 0.3 is 0 Å². The minimum absolute atomic E-state index is 0.141. The van der Waals surface area contributed by atoms with E-state index >= 15 is 0 Å². The van der Waals surface area contributed by atoms with Crippen molar-refractivity contribution < 1.29 is 9.18 Å². The van der Waals surface area contributed by atoms with Crippen LogP contribution in [0, 0.1) is 5.82 Å². The van der Waals surface area contributed by atoms with Crippen molar-refractivity contribution in [2.24, 2.45) is 0 Å². The fourth-order valence-electron chi connectivity index (χ4n) is 3.88. The molecule has 1 amide bonds. The minimum atomic E-state index is -0.259. The molecule has 3 heteroatoms. The first-order valence-electron chi connectivity index (χ1n) is 9.39. The molecule has 3 aromatic carbocycles. The van der Waals surface area contributed by atoms with E-state index in [0.29, 0.717) is 13.0 Å². The van der Waals surface area contributed by atoms with Gasteiger partial charge < -0.3 is 4.90 Å². The Morgan fingerprint density at radius 3 is 2.41 bits per heavy atom. The average molecular weight is 359 g/mol. The quantitative estimate of drug-likeness (QED) is 0.647. The second-order valence-corrected chi connectivity index (χ2v) is 6.98. The van der Waals surface area contributed by atoms with Gasteiger partial charge in [0, 0.05) is 13.0 Å². The third kappa shape index (κ3) is 3.77. The molecule has 136 valence electrons. The molecule has 27 heavy (non-hydrogen) atoms. The van der Waals surface area contributed by atoms with Crippen LogP contribution in [0.25, 0.3) is 0 Å². The van der Waals surface area contributed by atoms with Gasteiger partial charge in [0.05, 0.1) is 6.04 Å². The molecule has 0 unspecified atom stereocenters. The van der Waals surface area contributed by atoms with E-state index in [-0.39, 0.29) is 17.8 Å². The molecular weight excluding hydrogens is 337 g/mol. The Morgan fingerprint density at radius 2 is 1.63 bits per heavy atom. The first-order chi connectivity index (χ1) is 13.2. The summed E-state index contributed by atoms with van der Waals surface area (Å²) >= 11 is 0. The molecule has 0 saturated carbocycles. The van der Waals surface area contributed by atoms with Crippen LogP contribution >= 0.6 is 0 Å². The number of aryl methyl sites for hydroxylation is 1.